The second-order valence-electron chi connectivity index (χ2n) is 9.43. The second-order valence-corrected chi connectivity index (χ2v) is 9.43. The summed E-state index contributed by atoms with van der Waals surface area (Å²) in [5.41, 5.74) is 4.00. The summed E-state index contributed by atoms with van der Waals surface area (Å²) in [6.45, 7) is 3.98. The van der Waals surface area contributed by atoms with Gasteiger partial charge in [-0.1, -0.05) is 115 Å². The molecule has 0 aromatic heterocycles. The Hall–Kier alpha value is -2.60. The molecule has 184 valence electrons. The van der Waals surface area contributed by atoms with E-state index < -0.39 is 0 Å². The first-order chi connectivity index (χ1) is 16.8. The molecule has 0 fully saturated rings. The topological polar surface area (TPSA) is 48.2 Å². The zero-order valence-electron chi connectivity index (χ0n) is 21.4. The predicted octanol–water partition coefficient (Wildman–Crippen LogP) is 9.07. The van der Waals surface area contributed by atoms with Gasteiger partial charge in [-0.05, 0) is 41.8 Å². The fourth-order valence-electron chi connectivity index (χ4n) is 4.23. The van der Waals surface area contributed by atoms with E-state index in [0.717, 1.165) is 12.1 Å². The Balaban J connectivity index is 1.44. The van der Waals surface area contributed by atoms with Crippen LogP contribution in [0, 0.1) is 11.3 Å². The maximum absolute atomic E-state index is 8.97. The smallest absolute Gasteiger partial charge is 0.0991 e. The number of rotatable bonds is 19. The molecule has 2 aromatic carbocycles. The number of benzene rings is 2. The summed E-state index contributed by atoms with van der Waals surface area (Å²) in [5.74, 6) is 0. The third-order valence-corrected chi connectivity index (χ3v) is 6.34. The van der Waals surface area contributed by atoms with Crippen LogP contribution in [0.1, 0.15) is 114 Å². The van der Waals surface area contributed by atoms with E-state index in [2.05, 4.69) is 47.6 Å². The Morgan fingerprint density at radius 3 is 1.94 bits per heavy atom. The number of nitrogens with one attached hydrogen (secondary N) is 1. The van der Waals surface area contributed by atoms with Crippen LogP contribution < -0.4 is 5.32 Å². The number of hydrogen-bond donors (Lipinski definition) is 1. The molecule has 2 rings (SSSR count). The normalized spacial score (nSPS) is 11.1. The van der Waals surface area contributed by atoms with Gasteiger partial charge in [-0.3, -0.25) is 4.99 Å². The van der Waals surface area contributed by atoms with Crippen LogP contribution >= 0.6 is 0 Å². The first kappa shape index (κ1) is 27.6. The zero-order valence-corrected chi connectivity index (χ0v) is 21.4. The number of nitriles is 1. The molecule has 3 nitrogen and oxygen atoms in total. The van der Waals surface area contributed by atoms with Crippen molar-refractivity contribution >= 4 is 11.9 Å². The number of aliphatic imine (C=N–C) groups is 1. The molecule has 0 bridgehead atoms. The van der Waals surface area contributed by atoms with Gasteiger partial charge in [-0.15, -0.1) is 0 Å². The van der Waals surface area contributed by atoms with E-state index in [1.165, 1.54) is 101 Å². The van der Waals surface area contributed by atoms with Gasteiger partial charge in [0.25, 0.3) is 0 Å². The highest BCUT2D eigenvalue weighted by Crippen LogP contribution is 2.14. The van der Waals surface area contributed by atoms with Crippen molar-refractivity contribution in [3.05, 3.63) is 65.2 Å². The highest BCUT2D eigenvalue weighted by molar-refractivity contribution is 5.80. The van der Waals surface area contributed by atoms with Crippen molar-refractivity contribution in [1.29, 1.82) is 5.26 Å². The van der Waals surface area contributed by atoms with Gasteiger partial charge >= 0.3 is 0 Å². The molecule has 0 radical (unpaired) electrons. The van der Waals surface area contributed by atoms with Crippen molar-refractivity contribution in [2.75, 3.05) is 11.9 Å². The Kier molecular flexibility index (Phi) is 15.3. The maximum Gasteiger partial charge on any atom is 0.0991 e. The minimum Gasteiger partial charge on any atom is -0.385 e. The monoisotopic (exact) mass is 459 g/mol. The van der Waals surface area contributed by atoms with Crippen molar-refractivity contribution < 1.29 is 0 Å². The Bertz CT molecular complexity index is 833. The van der Waals surface area contributed by atoms with Crippen molar-refractivity contribution in [2.45, 2.75) is 103 Å². The molecule has 0 aliphatic rings. The van der Waals surface area contributed by atoms with Crippen LogP contribution in [0.3, 0.4) is 0 Å². The van der Waals surface area contributed by atoms with E-state index in [1.807, 2.05) is 30.5 Å². The van der Waals surface area contributed by atoms with Crippen LogP contribution in [0.25, 0.3) is 0 Å². The minimum absolute atomic E-state index is 0.649. The van der Waals surface area contributed by atoms with E-state index >= 15 is 0 Å². The van der Waals surface area contributed by atoms with Crippen LogP contribution in [-0.2, 0) is 6.54 Å². The van der Waals surface area contributed by atoms with Crippen molar-refractivity contribution in [1.82, 2.24) is 0 Å². The molecule has 0 amide bonds. The number of unbranched alkanes of at least 4 members (excludes halogenated alkanes) is 13. The highest BCUT2D eigenvalue weighted by atomic mass is 14.9. The molecule has 0 atom stereocenters. The van der Waals surface area contributed by atoms with Crippen LogP contribution in [0.15, 0.2) is 53.5 Å². The zero-order chi connectivity index (χ0) is 24.1. The second kappa shape index (κ2) is 18.8. The Labute approximate surface area is 208 Å². The molecule has 0 aliphatic carbocycles. The summed E-state index contributed by atoms with van der Waals surface area (Å²) >= 11 is 0. The molecule has 34 heavy (non-hydrogen) atoms. The third-order valence-electron chi connectivity index (χ3n) is 6.34. The Morgan fingerprint density at radius 2 is 1.35 bits per heavy atom. The van der Waals surface area contributed by atoms with Crippen molar-refractivity contribution in [3.8, 4) is 6.07 Å². The average Bonchev–Trinajstić information content (AvgIpc) is 2.87. The molecule has 3 heteroatoms. The lowest BCUT2D eigenvalue weighted by atomic mass is 10.0. The SMILES string of the molecule is CCCCCCCCCCCCCCCCNc1ccc(CN=Cc2cccc(C#N)c2)cc1. The molecule has 0 saturated heterocycles. The van der Waals surface area contributed by atoms with Gasteiger partial charge in [0.05, 0.1) is 18.2 Å². The van der Waals surface area contributed by atoms with Gasteiger partial charge in [-0.25, -0.2) is 0 Å². The minimum atomic E-state index is 0.649. The summed E-state index contributed by atoms with van der Waals surface area (Å²) in [4.78, 5) is 4.51. The van der Waals surface area contributed by atoms with Gasteiger partial charge in [0.2, 0.25) is 0 Å². The van der Waals surface area contributed by atoms with Gasteiger partial charge in [0.1, 0.15) is 0 Å². The first-order valence-electron chi connectivity index (χ1n) is 13.6. The van der Waals surface area contributed by atoms with E-state index in [4.69, 9.17) is 5.26 Å². The number of anilines is 1. The molecule has 0 unspecified atom stereocenters. The van der Waals surface area contributed by atoms with Crippen molar-refractivity contribution in [2.24, 2.45) is 4.99 Å². The van der Waals surface area contributed by atoms with Crippen LogP contribution in [0.4, 0.5) is 5.69 Å². The number of hydrogen-bond acceptors (Lipinski definition) is 3. The highest BCUT2D eigenvalue weighted by Gasteiger charge is 1.97. The average molecular weight is 460 g/mol. The fraction of sp³-hybridized carbons (Fsp3) is 0.548. The molecule has 0 heterocycles. The fourth-order valence-corrected chi connectivity index (χ4v) is 4.23. The molecular weight excluding hydrogens is 414 g/mol. The lowest BCUT2D eigenvalue weighted by molar-refractivity contribution is 0.537. The third kappa shape index (κ3) is 13.2. The first-order valence-corrected chi connectivity index (χ1v) is 13.6. The van der Waals surface area contributed by atoms with E-state index in [-0.39, 0.29) is 0 Å². The molecule has 1 N–H and O–H groups in total. The van der Waals surface area contributed by atoms with Gasteiger partial charge in [0, 0.05) is 18.4 Å². The quantitative estimate of drug-likeness (QED) is 0.168. The predicted molar refractivity (Wildman–Crippen MR) is 148 cm³/mol. The van der Waals surface area contributed by atoms with Gasteiger partial charge in [-0.2, -0.15) is 5.26 Å². The van der Waals surface area contributed by atoms with Gasteiger partial charge < -0.3 is 5.32 Å². The van der Waals surface area contributed by atoms with E-state index in [0.29, 0.717) is 12.1 Å². The largest absolute Gasteiger partial charge is 0.385 e. The molecule has 0 spiro atoms. The Morgan fingerprint density at radius 1 is 0.765 bits per heavy atom. The van der Waals surface area contributed by atoms with Gasteiger partial charge in [0.15, 0.2) is 0 Å². The lowest BCUT2D eigenvalue weighted by Gasteiger charge is -2.07. The lowest BCUT2D eigenvalue weighted by Crippen LogP contribution is -2.01. The maximum atomic E-state index is 8.97. The van der Waals surface area contributed by atoms with Crippen LogP contribution in [-0.4, -0.2) is 12.8 Å². The summed E-state index contributed by atoms with van der Waals surface area (Å²) in [6, 6.07) is 18.2. The van der Waals surface area contributed by atoms with E-state index in [9.17, 15) is 0 Å². The summed E-state index contributed by atoms with van der Waals surface area (Å²) < 4.78 is 0. The van der Waals surface area contributed by atoms with E-state index in [1.54, 1.807) is 0 Å². The van der Waals surface area contributed by atoms with Crippen molar-refractivity contribution in [3.63, 3.8) is 0 Å². The molecule has 0 aliphatic heterocycles. The number of nitrogens with zero attached hydrogens (tertiary/aromatic N) is 2. The molecule has 2 aromatic rings. The van der Waals surface area contributed by atoms with Crippen LogP contribution in [0.5, 0.6) is 0 Å². The standard InChI is InChI=1S/C31H45N3/c1-2-3-4-5-6-7-8-9-10-11-12-13-14-15-23-34-31-21-19-28(20-22-31)26-33-27-30-18-16-17-29(24-30)25-32/h16-22,24,27,34H,2-15,23,26H2,1H3. The summed E-state index contributed by atoms with van der Waals surface area (Å²) in [6.07, 6.45) is 21.4. The summed E-state index contributed by atoms with van der Waals surface area (Å²) in [7, 11) is 0. The van der Waals surface area contributed by atoms with Crippen LogP contribution in [0.2, 0.25) is 0 Å². The molecule has 0 saturated carbocycles. The molecular formula is C31H45N3. The summed E-state index contributed by atoms with van der Waals surface area (Å²) in [5, 5.41) is 12.5.